The van der Waals surface area contributed by atoms with E-state index in [-0.39, 0.29) is 0 Å². The molecule has 128 valence electrons. The van der Waals surface area contributed by atoms with Gasteiger partial charge in [-0.1, -0.05) is 51.2 Å². The predicted octanol–water partition coefficient (Wildman–Crippen LogP) is 7.01. The van der Waals surface area contributed by atoms with Crippen LogP contribution in [-0.4, -0.2) is 7.11 Å². The third-order valence-electron chi connectivity index (χ3n) is 4.11. The SMILES string of the molecule is CCCCCCCCc1ccc(/N=N/c2ccc(OC)cc2)cc1. The number of azo groups is 1. The second-order valence-electron chi connectivity index (χ2n) is 6.08. The molecule has 0 saturated heterocycles. The summed E-state index contributed by atoms with van der Waals surface area (Å²) in [6, 6.07) is 16.0. The highest BCUT2D eigenvalue weighted by atomic mass is 16.5. The zero-order valence-corrected chi connectivity index (χ0v) is 14.9. The van der Waals surface area contributed by atoms with Crippen molar-refractivity contribution in [3.63, 3.8) is 0 Å². The Morgan fingerprint density at radius 3 is 1.83 bits per heavy atom. The molecule has 2 rings (SSSR count). The Bertz CT molecular complexity index is 603. The normalized spacial score (nSPS) is 11.1. The summed E-state index contributed by atoms with van der Waals surface area (Å²) in [5.41, 5.74) is 3.10. The van der Waals surface area contributed by atoms with Crippen LogP contribution < -0.4 is 4.74 Å². The molecule has 0 aliphatic heterocycles. The molecule has 0 aromatic heterocycles. The Labute approximate surface area is 145 Å². The van der Waals surface area contributed by atoms with Crippen molar-refractivity contribution in [2.75, 3.05) is 7.11 Å². The molecule has 0 aliphatic carbocycles. The maximum atomic E-state index is 5.13. The van der Waals surface area contributed by atoms with Crippen LogP contribution in [0.25, 0.3) is 0 Å². The lowest BCUT2D eigenvalue weighted by molar-refractivity contribution is 0.415. The second kappa shape index (κ2) is 10.6. The number of rotatable bonds is 10. The van der Waals surface area contributed by atoms with Crippen LogP contribution in [0.2, 0.25) is 0 Å². The fourth-order valence-electron chi connectivity index (χ4n) is 2.60. The molecule has 0 unspecified atom stereocenters. The summed E-state index contributed by atoms with van der Waals surface area (Å²) in [4.78, 5) is 0. The molecule has 2 aromatic rings. The van der Waals surface area contributed by atoms with Gasteiger partial charge in [-0.05, 0) is 54.8 Å². The molecule has 0 atom stereocenters. The molecule has 0 fully saturated rings. The molecule has 0 aliphatic rings. The monoisotopic (exact) mass is 324 g/mol. The van der Waals surface area contributed by atoms with Crippen molar-refractivity contribution in [2.24, 2.45) is 10.2 Å². The van der Waals surface area contributed by atoms with Crippen molar-refractivity contribution in [1.29, 1.82) is 0 Å². The predicted molar refractivity (Wildman–Crippen MR) is 101 cm³/mol. The van der Waals surface area contributed by atoms with Crippen molar-refractivity contribution in [2.45, 2.75) is 51.9 Å². The standard InChI is InChI=1S/C21H28N2O/c1-3-4-5-6-7-8-9-18-10-12-19(13-11-18)22-23-20-14-16-21(24-2)17-15-20/h10-17H,3-9H2,1-2H3/b23-22+. The van der Waals surface area contributed by atoms with Crippen molar-refractivity contribution < 1.29 is 4.74 Å². The van der Waals surface area contributed by atoms with E-state index in [1.165, 1.54) is 44.1 Å². The molecular weight excluding hydrogens is 296 g/mol. The highest BCUT2D eigenvalue weighted by molar-refractivity contribution is 5.43. The number of methoxy groups -OCH3 is 1. The van der Waals surface area contributed by atoms with Gasteiger partial charge < -0.3 is 4.74 Å². The van der Waals surface area contributed by atoms with E-state index in [1.54, 1.807) is 7.11 Å². The number of unbranched alkanes of at least 4 members (excludes halogenated alkanes) is 5. The smallest absolute Gasteiger partial charge is 0.119 e. The molecule has 0 heterocycles. The molecule has 0 bridgehead atoms. The first-order valence-corrected chi connectivity index (χ1v) is 8.96. The fourth-order valence-corrected chi connectivity index (χ4v) is 2.60. The van der Waals surface area contributed by atoms with Gasteiger partial charge in [-0.15, -0.1) is 0 Å². The van der Waals surface area contributed by atoms with Crippen LogP contribution in [-0.2, 0) is 6.42 Å². The van der Waals surface area contributed by atoms with Gasteiger partial charge in [-0.25, -0.2) is 0 Å². The van der Waals surface area contributed by atoms with Crippen molar-refractivity contribution in [3.8, 4) is 5.75 Å². The maximum Gasteiger partial charge on any atom is 0.119 e. The van der Waals surface area contributed by atoms with Crippen molar-refractivity contribution in [3.05, 3.63) is 54.1 Å². The summed E-state index contributed by atoms with van der Waals surface area (Å²) in [5, 5.41) is 8.54. The lowest BCUT2D eigenvalue weighted by Crippen LogP contribution is -1.85. The molecular formula is C21H28N2O. The first-order valence-electron chi connectivity index (χ1n) is 8.96. The lowest BCUT2D eigenvalue weighted by Gasteiger charge is -2.02. The van der Waals surface area contributed by atoms with E-state index in [0.29, 0.717) is 0 Å². The summed E-state index contributed by atoms with van der Waals surface area (Å²) in [6.45, 7) is 2.26. The summed E-state index contributed by atoms with van der Waals surface area (Å²) in [5.74, 6) is 0.827. The molecule has 3 heteroatoms. The summed E-state index contributed by atoms with van der Waals surface area (Å²) in [6.07, 6.45) is 9.18. The fraction of sp³-hybridized carbons (Fsp3) is 0.429. The zero-order valence-electron chi connectivity index (χ0n) is 14.9. The highest BCUT2D eigenvalue weighted by Crippen LogP contribution is 2.21. The van der Waals surface area contributed by atoms with Crippen LogP contribution in [0, 0.1) is 0 Å². The van der Waals surface area contributed by atoms with Crippen LogP contribution >= 0.6 is 0 Å². The Morgan fingerprint density at radius 2 is 1.25 bits per heavy atom. The van der Waals surface area contributed by atoms with Crippen molar-refractivity contribution in [1.82, 2.24) is 0 Å². The minimum absolute atomic E-state index is 0.826. The van der Waals surface area contributed by atoms with Gasteiger partial charge in [0.1, 0.15) is 5.75 Å². The minimum Gasteiger partial charge on any atom is -0.497 e. The summed E-state index contributed by atoms with van der Waals surface area (Å²) >= 11 is 0. The average molecular weight is 324 g/mol. The molecule has 0 N–H and O–H groups in total. The number of benzene rings is 2. The van der Waals surface area contributed by atoms with Gasteiger partial charge in [-0.2, -0.15) is 10.2 Å². The Balaban J connectivity index is 1.77. The largest absolute Gasteiger partial charge is 0.497 e. The average Bonchev–Trinajstić information content (AvgIpc) is 2.64. The molecule has 3 nitrogen and oxygen atoms in total. The summed E-state index contributed by atoms with van der Waals surface area (Å²) in [7, 11) is 1.66. The van der Waals surface area contributed by atoms with Crippen LogP contribution in [0.1, 0.15) is 51.0 Å². The summed E-state index contributed by atoms with van der Waals surface area (Å²) < 4.78 is 5.13. The number of aryl methyl sites for hydroxylation is 1. The van der Waals surface area contributed by atoms with Gasteiger partial charge in [-0.3, -0.25) is 0 Å². The third-order valence-corrected chi connectivity index (χ3v) is 4.11. The number of nitrogens with zero attached hydrogens (tertiary/aromatic N) is 2. The molecule has 0 spiro atoms. The number of ether oxygens (including phenoxy) is 1. The van der Waals surface area contributed by atoms with Crippen LogP contribution in [0.15, 0.2) is 58.8 Å². The quantitative estimate of drug-likeness (QED) is 0.342. The maximum absolute atomic E-state index is 5.13. The van der Waals surface area contributed by atoms with Gasteiger partial charge in [0.2, 0.25) is 0 Å². The van der Waals surface area contributed by atoms with E-state index in [4.69, 9.17) is 4.74 Å². The highest BCUT2D eigenvalue weighted by Gasteiger charge is 1.96. The van der Waals surface area contributed by atoms with Gasteiger partial charge in [0.25, 0.3) is 0 Å². The van der Waals surface area contributed by atoms with Gasteiger partial charge in [0.05, 0.1) is 18.5 Å². The topological polar surface area (TPSA) is 34.0 Å². The van der Waals surface area contributed by atoms with E-state index < -0.39 is 0 Å². The molecule has 0 radical (unpaired) electrons. The third kappa shape index (κ3) is 6.53. The van der Waals surface area contributed by atoms with Crippen LogP contribution in [0.4, 0.5) is 11.4 Å². The second-order valence-corrected chi connectivity index (χ2v) is 6.08. The van der Waals surface area contributed by atoms with Crippen LogP contribution in [0.3, 0.4) is 0 Å². The molecule has 2 aromatic carbocycles. The van der Waals surface area contributed by atoms with E-state index >= 15 is 0 Å². The van der Waals surface area contributed by atoms with Crippen molar-refractivity contribution >= 4 is 11.4 Å². The number of hydrogen-bond acceptors (Lipinski definition) is 3. The Morgan fingerprint density at radius 1 is 0.708 bits per heavy atom. The molecule has 0 amide bonds. The lowest BCUT2D eigenvalue weighted by atomic mass is 10.0. The van der Waals surface area contributed by atoms with Crippen LogP contribution in [0.5, 0.6) is 5.75 Å². The van der Waals surface area contributed by atoms with E-state index in [9.17, 15) is 0 Å². The van der Waals surface area contributed by atoms with E-state index in [1.807, 2.05) is 36.4 Å². The Kier molecular flexibility index (Phi) is 8.02. The van der Waals surface area contributed by atoms with Gasteiger partial charge >= 0.3 is 0 Å². The van der Waals surface area contributed by atoms with E-state index in [2.05, 4.69) is 29.3 Å². The van der Waals surface area contributed by atoms with E-state index in [0.717, 1.165) is 23.5 Å². The zero-order chi connectivity index (χ0) is 17.0. The first-order chi connectivity index (χ1) is 11.8. The minimum atomic E-state index is 0.826. The first kappa shape index (κ1) is 18.2. The van der Waals surface area contributed by atoms with Gasteiger partial charge in [0.15, 0.2) is 0 Å². The number of hydrogen-bond donors (Lipinski definition) is 0. The van der Waals surface area contributed by atoms with Gasteiger partial charge in [0, 0.05) is 0 Å². The Hall–Kier alpha value is -2.16. The molecule has 0 saturated carbocycles. The molecule has 24 heavy (non-hydrogen) atoms.